The molecule has 2 aromatic rings. The van der Waals surface area contributed by atoms with Crippen LogP contribution in [0.1, 0.15) is 57.6 Å². The Balaban J connectivity index is 1.83. The highest BCUT2D eigenvalue weighted by atomic mass is 32.1. The molecule has 41 heavy (non-hydrogen) atoms. The molecule has 0 radical (unpaired) electrons. The van der Waals surface area contributed by atoms with Crippen molar-refractivity contribution in [3.63, 3.8) is 0 Å². The van der Waals surface area contributed by atoms with E-state index in [0.717, 1.165) is 0 Å². The highest BCUT2D eigenvalue weighted by molar-refractivity contribution is 7.17. The van der Waals surface area contributed by atoms with E-state index in [1.807, 2.05) is 0 Å². The summed E-state index contributed by atoms with van der Waals surface area (Å²) in [6.07, 6.45) is -15.1. The summed E-state index contributed by atoms with van der Waals surface area (Å²) in [7, 11) is 0. The molecule has 1 aromatic carbocycles. The molecule has 2 saturated heterocycles. The summed E-state index contributed by atoms with van der Waals surface area (Å²) in [5.74, 6) is -1.69. The predicted molar refractivity (Wildman–Crippen MR) is 126 cm³/mol. The van der Waals surface area contributed by atoms with Crippen molar-refractivity contribution in [2.75, 3.05) is 26.3 Å². The lowest BCUT2D eigenvalue weighted by Gasteiger charge is -2.36. The summed E-state index contributed by atoms with van der Waals surface area (Å²) in [5, 5.41) is 21.8. The van der Waals surface area contributed by atoms with E-state index in [0.29, 0.717) is 30.2 Å². The molecule has 2 aliphatic heterocycles. The summed E-state index contributed by atoms with van der Waals surface area (Å²) in [6, 6.07) is 0.250. The number of likely N-dealkylation sites (tertiary alicyclic amines) is 1. The van der Waals surface area contributed by atoms with Gasteiger partial charge < -0.3 is 25.2 Å². The van der Waals surface area contributed by atoms with Gasteiger partial charge in [-0.15, -0.1) is 11.3 Å². The van der Waals surface area contributed by atoms with Gasteiger partial charge in [0.25, 0.3) is 23.8 Å². The summed E-state index contributed by atoms with van der Waals surface area (Å²) < 4.78 is 114. The molecule has 0 saturated carbocycles. The first kappa shape index (κ1) is 31.1. The quantitative estimate of drug-likeness (QED) is 0.403. The number of nitrogens with zero attached hydrogens (tertiary/aromatic N) is 2. The fourth-order valence-corrected chi connectivity index (χ4v) is 5.56. The molecule has 0 spiro atoms. The fraction of sp³-hybridized carbons (Fsp3) is 0.542. The number of carbonyl (C=O) groups excluding carboxylic acids is 2. The molecular weight excluding hydrogens is 594 g/mol. The Morgan fingerprint density at radius 2 is 1.83 bits per heavy atom. The van der Waals surface area contributed by atoms with Crippen molar-refractivity contribution in [2.45, 2.75) is 55.8 Å². The minimum atomic E-state index is -6.32. The lowest BCUT2D eigenvalue weighted by molar-refractivity contribution is -0.376. The molecule has 2 amide bonds. The van der Waals surface area contributed by atoms with E-state index in [1.54, 1.807) is 6.92 Å². The smallest absolute Gasteiger partial charge is 0.383 e. The van der Waals surface area contributed by atoms with Crippen LogP contribution in [0.5, 0.6) is 0 Å². The Bertz CT molecular complexity index is 1310. The van der Waals surface area contributed by atoms with Crippen LogP contribution in [0.15, 0.2) is 18.2 Å². The van der Waals surface area contributed by atoms with Crippen molar-refractivity contribution in [3.05, 3.63) is 40.0 Å². The van der Waals surface area contributed by atoms with Crippen LogP contribution in [0.4, 0.5) is 35.1 Å². The van der Waals surface area contributed by atoms with Gasteiger partial charge in [0.1, 0.15) is 11.3 Å². The van der Waals surface area contributed by atoms with Crippen LogP contribution in [0, 0.1) is 0 Å². The Labute approximate surface area is 230 Å². The van der Waals surface area contributed by atoms with Crippen molar-refractivity contribution in [2.24, 2.45) is 0 Å². The average molecular weight is 618 g/mol. The van der Waals surface area contributed by atoms with Crippen molar-refractivity contribution in [1.29, 1.82) is 0 Å². The molecule has 0 aliphatic carbocycles. The Morgan fingerprint density at radius 1 is 1.20 bits per heavy atom. The van der Waals surface area contributed by atoms with Crippen LogP contribution in [-0.2, 0) is 10.3 Å². The minimum Gasteiger partial charge on any atom is -0.383 e. The monoisotopic (exact) mass is 617 g/mol. The zero-order chi connectivity index (χ0) is 30.5. The number of thiazole rings is 1. The standard InChI is InChI=1S/C24H23F8N3O5S/c1-11-3-2-6-35(11)20(37)15-16(41-19(34-15)18(36)33-8-21(38)9-40-10-21)13-5-4-12(7-14(13)17(25)26)22(39,23(27,28)29)24(30,31)32/h4-5,7,11,17,38-39H,2-3,6,8-10H2,1H3,(H,33,36)/t11-/m0/s1. The lowest BCUT2D eigenvalue weighted by Crippen LogP contribution is -2.56. The first-order valence-electron chi connectivity index (χ1n) is 12.1. The molecule has 1 atom stereocenters. The van der Waals surface area contributed by atoms with Gasteiger partial charge in [-0.3, -0.25) is 9.59 Å². The maximum absolute atomic E-state index is 14.2. The molecule has 3 heterocycles. The molecule has 0 unspecified atom stereocenters. The highest BCUT2D eigenvalue weighted by Crippen LogP contribution is 2.51. The van der Waals surface area contributed by atoms with Crippen LogP contribution in [-0.4, -0.2) is 82.2 Å². The fourth-order valence-electron chi connectivity index (χ4n) is 4.54. The van der Waals surface area contributed by atoms with Crippen molar-refractivity contribution in [1.82, 2.24) is 15.2 Å². The molecule has 2 aliphatic rings. The van der Waals surface area contributed by atoms with Crippen molar-refractivity contribution >= 4 is 23.2 Å². The maximum atomic E-state index is 14.2. The number of hydrogen-bond acceptors (Lipinski definition) is 7. The van der Waals surface area contributed by atoms with Gasteiger partial charge in [0, 0.05) is 29.3 Å². The SMILES string of the molecule is C[C@H]1CCCN1C(=O)c1nc(C(=O)NCC2(O)COC2)sc1-c1ccc(C(O)(C(F)(F)F)C(F)(F)F)cc1C(F)F. The number of hydrogen-bond donors (Lipinski definition) is 3. The highest BCUT2D eigenvalue weighted by Gasteiger charge is 2.71. The molecule has 17 heteroatoms. The number of benzene rings is 1. The number of carbonyl (C=O) groups is 2. The first-order chi connectivity index (χ1) is 18.9. The first-order valence-corrected chi connectivity index (χ1v) is 12.9. The number of ether oxygens (including phenoxy) is 1. The van der Waals surface area contributed by atoms with Gasteiger partial charge in [0.15, 0.2) is 5.01 Å². The van der Waals surface area contributed by atoms with Gasteiger partial charge in [-0.1, -0.05) is 12.1 Å². The van der Waals surface area contributed by atoms with Gasteiger partial charge in [-0.25, -0.2) is 13.8 Å². The number of nitrogens with one attached hydrogen (secondary N) is 1. The van der Waals surface area contributed by atoms with E-state index in [4.69, 9.17) is 4.74 Å². The molecule has 3 N–H and O–H groups in total. The second-order valence-corrected chi connectivity index (χ2v) is 10.9. The van der Waals surface area contributed by atoms with Crippen LogP contribution in [0.25, 0.3) is 10.4 Å². The third kappa shape index (κ3) is 5.63. The molecule has 1 aromatic heterocycles. The summed E-state index contributed by atoms with van der Waals surface area (Å²) in [4.78, 5) is 31.1. The van der Waals surface area contributed by atoms with Crippen molar-refractivity contribution in [3.8, 4) is 10.4 Å². The van der Waals surface area contributed by atoms with Crippen molar-refractivity contribution < 1.29 is 59.7 Å². The minimum absolute atomic E-state index is 0.0702. The normalized spacial score (nSPS) is 19.4. The molecule has 226 valence electrons. The molecule has 8 nitrogen and oxygen atoms in total. The third-order valence-corrected chi connectivity index (χ3v) is 8.01. The average Bonchev–Trinajstić information content (AvgIpc) is 3.50. The number of halogens is 8. The summed E-state index contributed by atoms with van der Waals surface area (Å²) in [5.41, 5.74) is -11.2. The Kier molecular flexibility index (Phi) is 8.14. The molecular formula is C24H23F8N3O5S. The summed E-state index contributed by atoms with van der Waals surface area (Å²) >= 11 is 0.417. The van der Waals surface area contributed by atoms with E-state index >= 15 is 0 Å². The zero-order valence-corrected chi connectivity index (χ0v) is 21.9. The van der Waals surface area contributed by atoms with E-state index in [-0.39, 0.29) is 44.5 Å². The van der Waals surface area contributed by atoms with Gasteiger partial charge in [0.05, 0.1) is 24.6 Å². The van der Waals surface area contributed by atoms with Gasteiger partial charge in [-0.2, -0.15) is 26.3 Å². The second kappa shape index (κ2) is 10.7. The van der Waals surface area contributed by atoms with Crippen LogP contribution >= 0.6 is 11.3 Å². The predicted octanol–water partition coefficient (Wildman–Crippen LogP) is 4.18. The van der Waals surface area contributed by atoms with Crippen LogP contribution in [0.3, 0.4) is 0 Å². The zero-order valence-electron chi connectivity index (χ0n) is 21.1. The van der Waals surface area contributed by atoms with E-state index in [9.17, 15) is 54.9 Å². The number of alkyl halides is 8. The number of aliphatic hydroxyl groups is 2. The topological polar surface area (TPSA) is 112 Å². The van der Waals surface area contributed by atoms with Gasteiger partial charge in [-0.05, 0) is 25.8 Å². The Morgan fingerprint density at radius 3 is 2.32 bits per heavy atom. The van der Waals surface area contributed by atoms with E-state index in [2.05, 4.69) is 10.3 Å². The second-order valence-electron chi connectivity index (χ2n) is 9.90. The lowest BCUT2D eigenvalue weighted by atomic mass is 9.89. The number of amides is 2. The largest absolute Gasteiger partial charge is 0.430 e. The van der Waals surface area contributed by atoms with Gasteiger partial charge in [0.2, 0.25) is 0 Å². The summed E-state index contributed by atoms with van der Waals surface area (Å²) in [6.45, 7) is 1.55. The van der Waals surface area contributed by atoms with Crippen LogP contribution < -0.4 is 5.32 Å². The molecule has 4 rings (SSSR count). The molecule has 2 fully saturated rings. The van der Waals surface area contributed by atoms with E-state index < -0.39 is 74.1 Å². The number of rotatable bonds is 7. The van der Waals surface area contributed by atoms with Crippen LogP contribution in [0.2, 0.25) is 0 Å². The van der Waals surface area contributed by atoms with E-state index in [1.165, 1.54) is 4.90 Å². The molecule has 0 bridgehead atoms. The number of aromatic nitrogens is 1. The third-order valence-electron chi connectivity index (χ3n) is 6.93. The maximum Gasteiger partial charge on any atom is 0.430 e. The van der Waals surface area contributed by atoms with Gasteiger partial charge >= 0.3 is 12.4 Å². The Hall–Kier alpha value is -2.89.